The lowest BCUT2D eigenvalue weighted by Crippen LogP contribution is -2.42. The third-order valence-electron chi connectivity index (χ3n) is 5.39. The Morgan fingerprint density at radius 2 is 1.96 bits per heavy atom. The summed E-state index contributed by atoms with van der Waals surface area (Å²) in [5, 5.41) is 9.79. The molecule has 1 aromatic rings. The van der Waals surface area contributed by atoms with Gasteiger partial charge in [-0.1, -0.05) is 30.3 Å². The molecule has 0 radical (unpaired) electrons. The number of hydrogen-bond donors (Lipinski definition) is 1. The minimum atomic E-state index is -3.33. The van der Waals surface area contributed by atoms with E-state index in [1.54, 1.807) is 6.92 Å². The zero-order chi connectivity index (χ0) is 17.4. The molecule has 3 rings (SSSR count). The maximum atomic E-state index is 12.1. The van der Waals surface area contributed by atoms with E-state index >= 15 is 0 Å². The van der Waals surface area contributed by atoms with Crippen molar-refractivity contribution in [2.24, 2.45) is 11.3 Å². The van der Waals surface area contributed by atoms with E-state index in [1.165, 1.54) is 9.87 Å². The number of sulfonamides is 1. The summed E-state index contributed by atoms with van der Waals surface area (Å²) in [5.41, 5.74) is 0.271. The van der Waals surface area contributed by atoms with Crippen molar-refractivity contribution in [1.29, 1.82) is 0 Å². The standard InChI is InChI=1S/C17H24N2O4S/c1-2-24(22,23)19-11-15-10-18(12-17(15,13-19)16(20)21)9-8-14-6-4-3-5-7-14/h3-7,15H,2,8-13H2,1H3,(H,20,21)/t15-,17-/m1/s1. The zero-order valence-electron chi connectivity index (χ0n) is 13.9. The third kappa shape index (κ3) is 3.08. The maximum absolute atomic E-state index is 12.1. The Morgan fingerprint density at radius 1 is 1.25 bits per heavy atom. The Bertz CT molecular complexity index is 707. The highest BCUT2D eigenvalue weighted by Crippen LogP contribution is 2.43. The van der Waals surface area contributed by atoms with E-state index in [9.17, 15) is 18.3 Å². The van der Waals surface area contributed by atoms with Crippen LogP contribution < -0.4 is 0 Å². The van der Waals surface area contributed by atoms with Gasteiger partial charge < -0.3 is 10.0 Å². The number of nitrogens with zero attached hydrogens (tertiary/aromatic N) is 2. The van der Waals surface area contributed by atoms with Crippen LogP contribution in [0.5, 0.6) is 0 Å². The highest BCUT2D eigenvalue weighted by Gasteiger charge is 2.59. The Labute approximate surface area is 143 Å². The summed E-state index contributed by atoms with van der Waals surface area (Å²) >= 11 is 0. The molecular formula is C17H24N2O4S. The van der Waals surface area contributed by atoms with Gasteiger partial charge in [-0.25, -0.2) is 12.7 Å². The van der Waals surface area contributed by atoms with Crippen molar-refractivity contribution in [3.63, 3.8) is 0 Å². The number of likely N-dealkylation sites (tertiary alicyclic amines) is 1. The zero-order valence-corrected chi connectivity index (χ0v) is 14.7. The number of rotatable bonds is 6. The topological polar surface area (TPSA) is 77.9 Å². The van der Waals surface area contributed by atoms with Gasteiger partial charge in [0.05, 0.1) is 11.2 Å². The second kappa shape index (κ2) is 6.46. The smallest absolute Gasteiger partial charge is 0.312 e. The molecule has 0 unspecified atom stereocenters. The van der Waals surface area contributed by atoms with Crippen LogP contribution >= 0.6 is 0 Å². The molecule has 0 aliphatic carbocycles. The summed E-state index contributed by atoms with van der Waals surface area (Å²) < 4.78 is 25.6. The fourth-order valence-corrected chi connectivity index (χ4v) is 5.12. The molecular weight excluding hydrogens is 328 g/mol. The largest absolute Gasteiger partial charge is 0.481 e. The van der Waals surface area contributed by atoms with E-state index in [1.807, 2.05) is 18.2 Å². The number of aliphatic carboxylic acids is 1. The molecule has 2 aliphatic heterocycles. The summed E-state index contributed by atoms with van der Waals surface area (Å²) in [6.45, 7) is 3.90. The predicted molar refractivity (Wildman–Crippen MR) is 91.2 cm³/mol. The molecule has 24 heavy (non-hydrogen) atoms. The summed E-state index contributed by atoms with van der Waals surface area (Å²) in [4.78, 5) is 14.1. The number of hydrogen-bond acceptors (Lipinski definition) is 4. The molecule has 2 aliphatic rings. The molecule has 0 aromatic heterocycles. The number of carboxylic acids is 1. The summed E-state index contributed by atoms with van der Waals surface area (Å²) in [6.07, 6.45) is 0.875. The van der Waals surface area contributed by atoms with E-state index in [0.717, 1.165) is 13.0 Å². The van der Waals surface area contributed by atoms with Crippen molar-refractivity contribution >= 4 is 16.0 Å². The molecule has 7 heteroatoms. The van der Waals surface area contributed by atoms with Crippen LogP contribution in [0.15, 0.2) is 30.3 Å². The molecule has 2 saturated heterocycles. The molecule has 0 saturated carbocycles. The molecule has 132 valence electrons. The van der Waals surface area contributed by atoms with Gasteiger partial charge in [0.1, 0.15) is 0 Å². The average Bonchev–Trinajstić information content (AvgIpc) is 3.09. The van der Waals surface area contributed by atoms with Crippen LogP contribution in [0.2, 0.25) is 0 Å². The average molecular weight is 352 g/mol. The Kier molecular flexibility index (Phi) is 4.68. The van der Waals surface area contributed by atoms with Crippen molar-refractivity contribution in [2.75, 3.05) is 38.5 Å². The lowest BCUT2D eigenvalue weighted by atomic mass is 9.81. The van der Waals surface area contributed by atoms with Crippen molar-refractivity contribution in [3.05, 3.63) is 35.9 Å². The SMILES string of the molecule is CCS(=O)(=O)N1C[C@H]2CN(CCc3ccccc3)C[C@@]2(C(=O)O)C1. The van der Waals surface area contributed by atoms with Crippen molar-refractivity contribution < 1.29 is 18.3 Å². The van der Waals surface area contributed by atoms with E-state index < -0.39 is 21.4 Å². The first-order valence-electron chi connectivity index (χ1n) is 8.35. The van der Waals surface area contributed by atoms with Crippen LogP contribution in [0.4, 0.5) is 0 Å². The molecule has 1 N–H and O–H groups in total. The first kappa shape index (κ1) is 17.4. The maximum Gasteiger partial charge on any atom is 0.312 e. The van der Waals surface area contributed by atoms with E-state index in [4.69, 9.17) is 0 Å². The normalized spacial score (nSPS) is 28.1. The monoisotopic (exact) mass is 352 g/mol. The first-order valence-corrected chi connectivity index (χ1v) is 9.96. The van der Waals surface area contributed by atoms with Crippen LogP contribution in [0, 0.1) is 11.3 Å². The van der Waals surface area contributed by atoms with Crippen LogP contribution in [-0.4, -0.2) is 67.2 Å². The quantitative estimate of drug-likeness (QED) is 0.823. The van der Waals surface area contributed by atoms with Gasteiger partial charge in [0.25, 0.3) is 0 Å². The second-order valence-electron chi connectivity index (χ2n) is 6.82. The lowest BCUT2D eigenvalue weighted by Gasteiger charge is -2.25. The van der Waals surface area contributed by atoms with Gasteiger partial charge in [0, 0.05) is 38.6 Å². The van der Waals surface area contributed by atoms with Gasteiger partial charge >= 0.3 is 5.97 Å². The molecule has 1 aromatic carbocycles. The van der Waals surface area contributed by atoms with Gasteiger partial charge in [-0.15, -0.1) is 0 Å². The summed E-state index contributed by atoms with van der Waals surface area (Å²) in [6, 6.07) is 10.1. The third-order valence-corrected chi connectivity index (χ3v) is 7.19. The van der Waals surface area contributed by atoms with Gasteiger partial charge in [-0.2, -0.15) is 0 Å². The number of benzene rings is 1. The molecule has 0 spiro atoms. The summed E-state index contributed by atoms with van der Waals surface area (Å²) in [7, 11) is -3.33. The van der Waals surface area contributed by atoms with Gasteiger partial charge in [0.15, 0.2) is 0 Å². The van der Waals surface area contributed by atoms with Crippen molar-refractivity contribution in [1.82, 2.24) is 9.21 Å². The minimum absolute atomic E-state index is 0.0210. The van der Waals surface area contributed by atoms with Crippen LogP contribution in [0.25, 0.3) is 0 Å². The second-order valence-corrected chi connectivity index (χ2v) is 9.08. The Hall–Kier alpha value is -1.44. The highest BCUT2D eigenvalue weighted by molar-refractivity contribution is 7.89. The fraction of sp³-hybridized carbons (Fsp3) is 0.588. The first-order chi connectivity index (χ1) is 11.4. The molecule has 6 nitrogen and oxygen atoms in total. The Morgan fingerprint density at radius 3 is 2.54 bits per heavy atom. The van der Waals surface area contributed by atoms with E-state index in [-0.39, 0.29) is 18.2 Å². The van der Waals surface area contributed by atoms with E-state index in [0.29, 0.717) is 19.6 Å². The van der Waals surface area contributed by atoms with Crippen molar-refractivity contribution in [3.8, 4) is 0 Å². The van der Waals surface area contributed by atoms with Gasteiger partial charge in [-0.3, -0.25) is 4.79 Å². The van der Waals surface area contributed by atoms with Gasteiger partial charge in [0.2, 0.25) is 10.0 Å². The Balaban J connectivity index is 1.69. The number of fused-ring (bicyclic) bond motifs is 1. The van der Waals surface area contributed by atoms with Gasteiger partial charge in [-0.05, 0) is 18.9 Å². The molecule has 2 heterocycles. The molecule has 0 bridgehead atoms. The number of carbonyl (C=O) groups is 1. The van der Waals surface area contributed by atoms with Crippen molar-refractivity contribution in [2.45, 2.75) is 13.3 Å². The molecule has 2 fully saturated rings. The van der Waals surface area contributed by atoms with Crippen LogP contribution in [0.3, 0.4) is 0 Å². The summed E-state index contributed by atoms with van der Waals surface area (Å²) in [5.74, 6) is -0.983. The van der Waals surface area contributed by atoms with E-state index in [2.05, 4.69) is 17.0 Å². The predicted octanol–water partition coefficient (Wildman–Crippen LogP) is 0.897. The number of carboxylic acid groups (broad SMARTS) is 1. The van der Waals surface area contributed by atoms with Crippen LogP contribution in [0.1, 0.15) is 12.5 Å². The lowest BCUT2D eigenvalue weighted by molar-refractivity contribution is -0.148. The molecule has 0 amide bonds. The van der Waals surface area contributed by atoms with Crippen LogP contribution in [-0.2, 0) is 21.2 Å². The minimum Gasteiger partial charge on any atom is -0.481 e. The fourth-order valence-electron chi connectivity index (χ4n) is 3.92. The highest BCUT2D eigenvalue weighted by atomic mass is 32.2. The molecule has 2 atom stereocenters.